The average molecular weight is 389 g/mol. The molecule has 27 heavy (non-hydrogen) atoms. The molecule has 1 aromatic rings. The van der Waals surface area contributed by atoms with Crippen molar-refractivity contribution in [3.63, 3.8) is 0 Å². The number of carbonyl (C=O) groups is 2. The van der Waals surface area contributed by atoms with Gasteiger partial charge in [0.05, 0.1) is 12.5 Å². The van der Waals surface area contributed by atoms with Gasteiger partial charge in [0.1, 0.15) is 5.69 Å². The molecule has 150 valence electrons. The number of rotatable bonds is 7. The van der Waals surface area contributed by atoms with Crippen molar-refractivity contribution in [1.29, 1.82) is 0 Å². The van der Waals surface area contributed by atoms with E-state index in [1.54, 1.807) is 0 Å². The molecular formula is C16H22F3N5O3. The van der Waals surface area contributed by atoms with E-state index in [4.69, 9.17) is 0 Å². The zero-order valence-corrected chi connectivity index (χ0v) is 14.7. The highest BCUT2D eigenvalue weighted by Gasteiger charge is 2.34. The number of hydroxylamine groups is 2. The lowest BCUT2D eigenvalue weighted by molar-refractivity contribution is -0.156. The summed E-state index contributed by atoms with van der Waals surface area (Å²) in [5.41, 5.74) is 3.40. The van der Waals surface area contributed by atoms with Gasteiger partial charge in [-0.25, -0.2) is 15.0 Å². The number of aromatic nitrogens is 2. The Balaban J connectivity index is 2.03. The van der Waals surface area contributed by atoms with E-state index < -0.39 is 29.6 Å². The molecule has 2 rings (SSSR count). The average Bonchev–Trinajstić information content (AvgIpc) is 2.64. The van der Waals surface area contributed by atoms with Gasteiger partial charge >= 0.3 is 6.18 Å². The lowest BCUT2D eigenvalue weighted by atomic mass is 9.76. The van der Waals surface area contributed by atoms with E-state index in [-0.39, 0.29) is 18.9 Å². The number of halogens is 3. The van der Waals surface area contributed by atoms with Crippen LogP contribution in [0.4, 0.5) is 19.1 Å². The SMILES string of the molecule is CC1CCC([C@H](CN(O)C=O)C(=O)NNc2nccc(C(F)(F)F)n2)CC1. The Labute approximate surface area is 154 Å². The van der Waals surface area contributed by atoms with Crippen LogP contribution in [0.2, 0.25) is 0 Å². The van der Waals surface area contributed by atoms with Gasteiger partial charge in [-0.3, -0.25) is 25.6 Å². The molecule has 2 amide bonds. The molecule has 1 heterocycles. The molecule has 0 spiro atoms. The molecule has 0 bridgehead atoms. The highest BCUT2D eigenvalue weighted by Crippen LogP contribution is 2.33. The van der Waals surface area contributed by atoms with E-state index in [1.807, 2.05) is 0 Å². The topological polar surface area (TPSA) is 107 Å². The molecular weight excluding hydrogens is 367 g/mol. The number of carbonyl (C=O) groups excluding carboxylic acids is 2. The summed E-state index contributed by atoms with van der Waals surface area (Å²) < 4.78 is 38.0. The van der Waals surface area contributed by atoms with Crippen molar-refractivity contribution < 1.29 is 28.0 Å². The number of alkyl halides is 3. The third kappa shape index (κ3) is 6.05. The molecule has 0 unspecified atom stereocenters. The van der Waals surface area contributed by atoms with Crippen molar-refractivity contribution >= 4 is 18.3 Å². The molecule has 1 saturated carbocycles. The standard InChI is InChI=1S/C16H22F3N5O3/c1-10-2-4-11(5-3-10)12(8-24(27)9-25)14(26)22-23-15-20-7-6-13(21-15)16(17,18)19/h6-7,9-12,27H,2-5,8H2,1H3,(H,22,26)(H,20,21,23)/t10?,11?,12-/m0/s1. The normalized spacial score (nSPS) is 21.2. The molecule has 0 radical (unpaired) electrons. The monoisotopic (exact) mass is 389 g/mol. The Morgan fingerprint density at radius 3 is 2.67 bits per heavy atom. The molecule has 1 atom stereocenters. The molecule has 1 aromatic heterocycles. The number of nitrogens with zero attached hydrogens (tertiary/aromatic N) is 3. The van der Waals surface area contributed by atoms with Crippen LogP contribution < -0.4 is 10.9 Å². The van der Waals surface area contributed by atoms with Gasteiger partial charge in [0, 0.05) is 6.20 Å². The smallest absolute Gasteiger partial charge is 0.286 e. The van der Waals surface area contributed by atoms with Crippen LogP contribution in [-0.4, -0.2) is 39.1 Å². The lowest BCUT2D eigenvalue weighted by Crippen LogP contribution is -2.44. The maximum atomic E-state index is 12.7. The summed E-state index contributed by atoms with van der Waals surface area (Å²) in [5, 5.41) is 9.88. The van der Waals surface area contributed by atoms with Crippen LogP contribution in [0.15, 0.2) is 12.3 Å². The van der Waals surface area contributed by atoms with E-state index in [0.717, 1.165) is 31.9 Å². The maximum absolute atomic E-state index is 12.7. The zero-order chi connectivity index (χ0) is 20.0. The second-order valence-electron chi connectivity index (χ2n) is 6.73. The van der Waals surface area contributed by atoms with Gasteiger partial charge in [0.2, 0.25) is 18.3 Å². The van der Waals surface area contributed by atoms with Crippen LogP contribution in [-0.2, 0) is 15.8 Å². The first-order chi connectivity index (χ1) is 12.7. The summed E-state index contributed by atoms with van der Waals surface area (Å²) in [4.78, 5) is 30.2. The second-order valence-corrected chi connectivity index (χ2v) is 6.73. The molecule has 1 fully saturated rings. The molecule has 0 aromatic carbocycles. The summed E-state index contributed by atoms with van der Waals surface area (Å²) in [7, 11) is 0. The number of hydrogen-bond donors (Lipinski definition) is 3. The predicted molar refractivity (Wildman–Crippen MR) is 88.0 cm³/mol. The first-order valence-electron chi connectivity index (χ1n) is 8.57. The number of amides is 2. The summed E-state index contributed by atoms with van der Waals surface area (Å²) >= 11 is 0. The van der Waals surface area contributed by atoms with Gasteiger partial charge in [-0.1, -0.05) is 19.8 Å². The van der Waals surface area contributed by atoms with E-state index >= 15 is 0 Å². The van der Waals surface area contributed by atoms with Crippen LogP contribution in [0, 0.1) is 17.8 Å². The molecule has 0 aliphatic heterocycles. The largest absolute Gasteiger partial charge is 0.433 e. The maximum Gasteiger partial charge on any atom is 0.433 e. The molecule has 0 saturated heterocycles. The van der Waals surface area contributed by atoms with Crippen LogP contribution >= 0.6 is 0 Å². The van der Waals surface area contributed by atoms with Gasteiger partial charge in [0.15, 0.2) is 0 Å². The third-order valence-electron chi connectivity index (χ3n) is 4.72. The minimum absolute atomic E-state index is 0.0555. The van der Waals surface area contributed by atoms with E-state index in [2.05, 4.69) is 27.7 Å². The Bertz CT molecular complexity index is 650. The second kappa shape index (κ2) is 8.98. The van der Waals surface area contributed by atoms with Crippen LogP contribution in [0.25, 0.3) is 0 Å². The van der Waals surface area contributed by atoms with Gasteiger partial charge in [-0.15, -0.1) is 0 Å². The van der Waals surface area contributed by atoms with Crippen molar-refractivity contribution in [1.82, 2.24) is 20.5 Å². The molecule has 3 N–H and O–H groups in total. The first-order valence-corrected chi connectivity index (χ1v) is 8.57. The Hall–Kier alpha value is -2.43. The van der Waals surface area contributed by atoms with E-state index in [1.165, 1.54) is 0 Å². The minimum atomic E-state index is -4.63. The number of anilines is 1. The summed E-state index contributed by atoms with van der Waals surface area (Å²) in [6, 6.07) is 0.715. The molecule has 1 aliphatic rings. The van der Waals surface area contributed by atoms with Crippen molar-refractivity contribution in [2.75, 3.05) is 12.0 Å². The lowest BCUT2D eigenvalue weighted by Gasteiger charge is -2.32. The highest BCUT2D eigenvalue weighted by atomic mass is 19.4. The van der Waals surface area contributed by atoms with Crippen molar-refractivity contribution in [3.05, 3.63) is 18.0 Å². The number of hydrazine groups is 1. The van der Waals surface area contributed by atoms with Gasteiger partial charge in [-0.2, -0.15) is 13.2 Å². The fraction of sp³-hybridized carbons (Fsp3) is 0.625. The Morgan fingerprint density at radius 2 is 2.07 bits per heavy atom. The molecule has 8 nitrogen and oxygen atoms in total. The van der Waals surface area contributed by atoms with Crippen LogP contribution in [0.5, 0.6) is 0 Å². The van der Waals surface area contributed by atoms with E-state index in [0.29, 0.717) is 17.0 Å². The van der Waals surface area contributed by atoms with E-state index in [9.17, 15) is 28.0 Å². The summed E-state index contributed by atoms with van der Waals surface area (Å²) in [5.74, 6) is -1.20. The quantitative estimate of drug-likeness (QED) is 0.375. The summed E-state index contributed by atoms with van der Waals surface area (Å²) in [6.45, 7) is 1.90. The number of hydrogen-bond acceptors (Lipinski definition) is 6. The Kier molecular flexibility index (Phi) is 6.94. The fourth-order valence-corrected chi connectivity index (χ4v) is 3.17. The van der Waals surface area contributed by atoms with Gasteiger partial charge in [0.25, 0.3) is 0 Å². The van der Waals surface area contributed by atoms with Crippen LogP contribution in [0.3, 0.4) is 0 Å². The van der Waals surface area contributed by atoms with Crippen molar-refractivity contribution in [3.8, 4) is 0 Å². The Morgan fingerprint density at radius 1 is 1.41 bits per heavy atom. The highest BCUT2D eigenvalue weighted by molar-refractivity contribution is 5.80. The zero-order valence-electron chi connectivity index (χ0n) is 14.7. The molecule has 1 aliphatic carbocycles. The first kappa shape index (κ1) is 20.9. The fourth-order valence-electron chi connectivity index (χ4n) is 3.17. The summed E-state index contributed by atoms with van der Waals surface area (Å²) in [6.07, 6.45) is -0.151. The van der Waals surface area contributed by atoms with Gasteiger partial charge < -0.3 is 0 Å². The van der Waals surface area contributed by atoms with Crippen LogP contribution in [0.1, 0.15) is 38.3 Å². The van der Waals surface area contributed by atoms with Crippen molar-refractivity contribution in [2.45, 2.75) is 38.8 Å². The molecule has 11 heteroatoms. The predicted octanol–water partition coefficient (Wildman–Crippen LogP) is 2.23. The van der Waals surface area contributed by atoms with Crippen molar-refractivity contribution in [2.24, 2.45) is 17.8 Å². The number of nitrogens with one attached hydrogen (secondary N) is 2. The van der Waals surface area contributed by atoms with Gasteiger partial charge in [-0.05, 0) is 30.7 Å². The minimum Gasteiger partial charge on any atom is -0.286 e. The third-order valence-corrected chi connectivity index (χ3v) is 4.72.